The van der Waals surface area contributed by atoms with Gasteiger partial charge in [-0.25, -0.2) is 4.79 Å². The van der Waals surface area contributed by atoms with Crippen LogP contribution in [0.15, 0.2) is 5.10 Å². The van der Waals surface area contributed by atoms with Crippen molar-refractivity contribution in [3.8, 4) is 0 Å². The minimum Gasteiger partial charge on any atom is -0.438 e. The Morgan fingerprint density at radius 2 is 2.03 bits per heavy atom. The lowest BCUT2D eigenvalue weighted by Crippen LogP contribution is -2.48. The van der Waals surface area contributed by atoms with Crippen LogP contribution in [0, 0.1) is 5.92 Å². The first-order valence-corrected chi connectivity index (χ1v) is 12.1. The maximum Gasteiger partial charge on any atom is 0.341 e. The Morgan fingerprint density at radius 1 is 1.30 bits per heavy atom. The number of ketones is 1. The van der Waals surface area contributed by atoms with E-state index in [-0.39, 0.29) is 17.9 Å². The fraction of sp³-hybridized carbons (Fsp3) is 0.857. The van der Waals surface area contributed by atoms with E-state index in [1.54, 1.807) is 7.11 Å². The zero-order chi connectivity index (χ0) is 21.9. The SMILES string of the molecule is COCCN(C)CCSC1=NN(C(=O)NC2CCCCC2)C(C(=O)CCC(C)C)O1. The zero-order valence-electron chi connectivity index (χ0n) is 18.9. The van der Waals surface area contributed by atoms with Crippen molar-refractivity contribution in [3.05, 3.63) is 0 Å². The number of hydrogen-bond acceptors (Lipinski definition) is 7. The van der Waals surface area contributed by atoms with Crippen LogP contribution in [0.3, 0.4) is 0 Å². The smallest absolute Gasteiger partial charge is 0.341 e. The first-order chi connectivity index (χ1) is 14.4. The first-order valence-electron chi connectivity index (χ1n) is 11.1. The highest BCUT2D eigenvalue weighted by molar-refractivity contribution is 8.13. The van der Waals surface area contributed by atoms with Gasteiger partial charge in [0.05, 0.1) is 6.61 Å². The molecule has 0 aromatic heterocycles. The minimum atomic E-state index is -0.957. The largest absolute Gasteiger partial charge is 0.438 e. The third-order valence-electron chi connectivity index (χ3n) is 5.38. The van der Waals surface area contributed by atoms with Crippen LogP contribution in [0.1, 0.15) is 58.8 Å². The molecule has 2 amide bonds. The molecule has 2 rings (SSSR count). The highest BCUT2D eigenvalue weighted by atomic mass is 32.2. The van der Waals surface area contributed by atoms with Gasteiger partial charge in [0, 0.05) is 38.4 Å². The highest BCUT2D eigenvalue weighted by Gasteiger charge is 2.38. The Balaban J connectivity index is 1.94. The minimum absolute atomic E-state index is 0.0981. The number of nitrogens with one attached hydrogen (secondary N) is 1. The van der Waals surface area contributed by atoms with Crippen LogP contribution in [-0.4, -0.2) is 78.8 Å². The molecule has 1 unspecified atom stereocenters. The van der Waals surface area contributed by atoms with Gasteiger partial charge in [0.15, 0.2) is 5.78 Å². The van der Waals surface area contributed by atoms with Gasteiger partial charge >= 0.3 is 6.03 Å². The molecule has 8 nitrogen and oxygen atoms in total. The van der Waals surface area contributed by atoms with Gasteiger partial charge in [-0.15, -0.1) is 5.10 Å². The summed E-state index contributed by atoms with van der Waals surface area (Å²) < 4.78 is 10.9. The number of likely N-dealkylation sites (N-methyl/N-ethyl adjacent to an activating group) is 1. The molecule has 2 aliphatic rings. The van der Waals surface area contributed by atoms with E-state index in [4.69, 9.17) is 9.47 Å². The van der Waals surface area contributed by atoms with Gasteiger partial charge in [-0.3, -0.25) is 4.79 Å². The van der Waals surface area contributed by atoms with E-state index < -0.39 is 6.23 Å². The summed E-state index contributed by atoms with van der Waals surface area (Å²) in [5.74, 6) is 1.07. The molecule has 0 aromatic rings. The van der Waals surface area contributed by atoms with Crippen LogP contribution >= 0.6 is 11.8 Å². The molecule has 0 radical (unpaired) electrons. The summed E-state index contributed by atoms with van der Waals surface area (Å²) in [6.07, 6.45) is 5.61. The number of ether oxygens (including phenoxy) is 2. The summed E-state index contributed by atoms with van der Waals surface area (Å²) in [5.41, 5.74) is 0. The number of urea groups is 1. The Labute approximate surface area is 185 Å². The Hall–Kier alpha value is -1.32. The average molecular weight is 443 g/mol. The van der Waals surface area contributed by atoms with Crippen LogP contribution in [0.25, 0.3) is 0 Å². The molecule has 1 saturated carbocycles. The summed E-state index contributed by atoms with van der Waals surface area (Å²) in [6, 6.07) is -0.184. The van der Waals surface area contributed by atoms with Gasteiger partial charge < -0.3 is 19.7 Å². The van der Waals surface area contributed by atoms with Gasteiger partial charge in [-0.2, -0.15) is 5.01 Å². The summed E-state index contributed by atoms with van der Waals surface area (Å²) in [7, 11) is 3.71. The number of amides is 2. The number of carbonyl (C=O) groups excluding carboxylic acids is 2. The van der Waals surface area contributed by atoms with Gasteiger partial charge in [-0.05, 0) is 32.2 Å². The molecule has 1 heterocycles. The second kappa shape index (κ2) is 13.2. The maximum absolute atomic E-state index is 12.9. The molecule has 1 aliphatic heterocycles. The molecule has 1 atom stereocenters. The quantitative estimate of drug-likeness (QED) is 0.529. The van der Waals surface area contributed by atoms with E-state index in [9.17, 15) is 9.59 Å². The van der Waals surface area contributed by atoms with Gasteiger partial charge in [0.2, 0.25) is 0 Å². The molecule has 0 spiro atoms. The summed E-state index contributed by atoms with van der Waals surface area (Å²) in [6.45, 7) is 6.51. The number of thioether (sulfide) groups is 1. The molecule has 1 aliphatic carbocycles. The molecular weight excluding hydrogens is 404 g/mol. The van der Waals surface area contributed by atoms with Gasteiger partial charge in [-0.1, -0.05) is 44.9 Å². The van der Waals surface area contributed by atoms with Crippen molar-refractivity contribution in [2.75, 3.05) is 39.6 Å². The molecule has 1 N–H and O–H groups in total. The zero-order valence-corrected chi connectivity index (χ0v) is 19.7. The van der Waals surface area contributed by atoms with Crippen molar-refractivity contribution in [3.63, 3.8) is 0 Å². The summed E-state index contributed by atoms with van der Waals surface area (Å²) in [4.78, 5) is 27.8. The van der Waals surface area contributed by atoms with Crippen molar-refractivity contribution in [1.29, 1.82) is 0 Å². The van der Waals surface area contributed by atoms with Gasteiger partial charge in [0.1, 0.15) is 0 Å². The first kappa shape index (κ1) is 24.9. The third kappa shape index (κ3) is 8.43. The lowest BCUT2D eigenvalue weighted by Gasteiger charge is -2.26. The van der Waals surface area contributed by atoms with Crippen molar-refractivity contribution in [1.82, 2.24) is 15.2 Å². The number of hydrazone groups is 1. The number of nitrogens with zero attached hydrogens (tertiary/aromatic N) is 3. The van der Waals surface area contributed by atoms with E-state index >= 15 is 0 Å². The molecule has 0 saturated heterocycles. The van der Waals surface area contributed by atoms with Crippen molar-refractivity contribution >= 4 is 28.8 Å². The fourth-order valence-electron chi connectivity index (χ4n) is 3.42. The number of hydrogen-bond donors (Lipinski definition) is 1. The second-order valence-electron chi connectivity index (χ2n) is 8.51. The van der Waals surface area contributed by atoms with E-state index in [1.165, 1.54) is 23.2 Å². The van der Waals surface area contributed by atoms with E-state index in [2.05, 4.69) is 29.2 Å². The normalized spacial score (nSPS) is 19.9. The molecule has 0 bridgehead atoms. The number of methoxy groups -OCH3 is 1. The molecular formula is C21H38N4O4S. The standard InChI is InChI=1S/C21H38N4O4S/c1-16(2)10-11-18(26)19-25(20(27)22-17-8-6-5-7-9-17)23-21(29-19)30-15-13-24(3)12-14-28-4/h16-17,19H,5-15H2,1-4H3,(H,22,27). The molecule has 9 heteroatoms. The highest BCUT2D eigenvalue weighted by Crippen LogP contribution is 2.24. The van der Waals surface area contributed by atoms with Crippen molar-refractivity contribution in [2.45, 2.75) is 71.1 Å². The lowest BCUT2D eigenvalue weighted by atomic mass is 9.96. The maximum atomic E-state index is 12.9. The Bertz CT molecular complexity index is 581. The number of Topliss-reactive ketones (excluding diaryl/α,β-unsaturated/α-hetero) is 1. The van der Waals surface area contributed by atoms with Crippen LogP contribution in [0.5, 0.6) is 0 Å². The second-order valence-corrected chi connectivity index (χ2v) is 9.55. The molecule has 0 aromatic carbocycles. The average Bonchev–Trinajstić information content (AvgIpc) is 3.15. The van der Waals surface area contributed by atoms with E-state index in [0.29, 0.717) is 24.2 Å². The van der Waals surface area contributed by atoms with Crippen molar-refractivity contribution in [2.24, 2.45) is 11.0 Å². The lowest BCUT2D eigenvalue weighted by molar-refractivity contribution is -0.131. The predicted octanol–water partition coefficient (Wildman–Crippen LogP) is 3.27. The van der Waals surface area contributed by atoms with Gasteiger partial charge in [0.25, 0.3) is 11.5 Å². The van der Waals surface area contributed by atoms with Crippen LogP contribution in [0.2, 0.25) is 0 Å². The fourth-order valence-corrected chi connectivity index (χ4v) is 4.30. The number of carbonyl (C=O) groups is 2. The van der Waals surface area contributed by atoms with Crippen LogP contribution in [-0.2, 0) is 14.3 Å². The van der Waals surface area contributed by atoms with E-state index in [0.717, 1.165) is 50.9 Å². The summed E-state index contributed by atoms with van der Waals surface area (Å²) in [5, 5.41) is 9.00. The number of rotatable bonds is 11. The third-order valence-corrected chi connectivity index (χ3v) is 6.20. The molecule has 1 fully saturated rings. The van der Waals surface area contributed by atoms with Crippen LogP contribution < -0.4 is 5.32 Å². The van der Waals surface area contributed by atoms with Crippen LogP contribution in [0.4, 0.5) is 4.79 Å². The monoisotopic (exact) mass is 442 g/mol. The Morgan fingerprint density at radius 3 is 2.70 bits per heavy atom. The predicted molar refractivity (Wildman–Crippen MR) is 120 cm³/mol. The molecule has 30 heavy (non-hydrogen) atoms. The van der Waals surface area contributed by atoms with E-state index in [1.807, 2.05) is 7.05 Å². The molecule has 172 valence electrons. The van der Waals surface area contributed by atoms with Crippen molar-refractivity contribution < 1.29 is 19.1 Å². The Kier molecular flexibility index (Phi) is 11.0. The summed E-state index contributed by atoms with van der Waals surface area (Å²) >= 11 is 1.43. The topological polar surface area (TPSA) is 83.5 Å².